The van der Waals surface area contributed by atoms with Crippen molar-refractivity contribution < 1.29 is 9.44 Å². The molecule has 1 nitrogen and oxygen atoms in total. The number of ether oxygens (including phenoxy) is 1. The summed E-state index contributed by atoms with van der Waals surface area (Å²) >= 11 is 0. The van der Waals surface area contributed by atoms with Crippen LogP contribution in [0.1, 0.15) is 19.3 Å². The molecule has 0 atom stereocenters. The maximum absolute atomic E-state index is 5.65. The maximum atomic E-state index is 5.65. The van der Waals surface area contributed by atoms with Crippen LogP contribution in [0.3, 0.4) is 0 Å². The smallest absolute Gasteiger partial charge is 0.119 e. The Kier molecular flexibility index (Phi) is 3.09. The summed E-state index contributed by atoms with van der Waals surface area (Å²) in [4.78, 5) is 0. The van der Waals surface area contributed by atoms with Gasteiger partial charge in [0.15, 0.2) is 0 Å². The highest BCUT2D eigenvalue weighted by Crippen LogP contribution is 2.24. The minimum atomic E-state index is 0. The van der Waals surface area contributed by atoms with E-state index in [9.17, 15) is 0 Å². The first-order valence-electron chi connectivity index (χ1n) is 4.17. The minimum absolute atomic E-state index is 0. The van der Waals surface area contributed by atoms with Crippen LogP contribution in [-0.2, 0) is 0 Å². The molecule has 2 heteroatoms. The average molecular weight is 168 g/mol. The van der Waals surface area contributed by atoms with Gasteiger partial charge in [-0.15, -0.1) is 0 Å². The lowest BCUT2D eigenvalue weighted by Crippen LogP contribution is -2.24. The van der Waals surface area contributed by atoms with Crippen LogP contribution >= 0.6 is 0 Å². The number of rotatable bonds is 2. The van der Waals surface area contributed by atoms with E-state index in [1.165, 1.54) is 19.3 Å². The van der Waals surface area contributed by atoms with E-state index in [0.29, 0.717) is 6.10 Å². The van der Waals surface area contributed by atoms with Crippen molar-refractivity contribution in [2.24, 2.45) is 0 Å². The van der Waals surface area contributed by atoms with Crippen molar-refractivity contribution in [2.75, 3.05) is 0 Å². The molecule has 1 aromatic carbocycles. The van der Waals surface area contributed by atoms with Gasteiger partial charge in [0.1, 0.15) is 5.75 Å². The van der Waals surface area contributed by atoms with Crippen LogP contribution in [0.5, 0.6) is 5.75 Å². The molecule has 0 saturated heterocycles. The van der Waals surface area contributed by atoms with Crippen molar-refractivity contribution in [3.8, 4) is 5.75 Å². The van der Waals surface area contributed by atoms with Crippen molar-refractivity contribution in [3.63, 3.8) is 0 Å². The number of halogens is 1. The fourth-order valence-corrected chi connectivity index (χ4v) is 1.18. The molecule has 1 saturated carbocycles. The van der Waals surface area contributed by atoms with E-state index >= 15 is 0 Å². The molecule has 1 aliphatic rings. The van der Waals surface area contributed by atoms with Gasteiger partial charge in [0, 0.05) is 0 Å². The standard InChI is InChI=1S/C10H12O.FH/c1-2-5-9(6-3-1)11-10-7-4-8-10;/h1-3,5-6,10H,4,7-8H2;1H. The van der Waals surface area contributed by atoms with Crippen molar-refractivity contribution in [3.05, 3.63) is 30.3 Å². The van der Waals surface area contributed by atoms with Gasteiger partial charge in [-0.2, -0.15) is 0 Å². The van der Waals surface area contributed by atoms with Gasteiger partial charge in [-0.05, 0) is 31.4 Å². The van der Waals surface area contributed by atoms with Crippen molar-refractivity contribution >= 4 is 0 Å². The number of hydrogen-bond acceptors (Lipinski definition) is 1. The molecule has 0 radical (unpaired) electrons. The monoisotopic (exact) mass is 168 g/mol. The average Bonchev–Trinajstić information content (AvgIpc) is 1.99. The molecule has 2 rings (SSSR count). The zero-order chi connectivity index (χ0) is 7.52. The van der Waals surface area contributed by atoms with Crippen molar-refractivity contribution in [1.82, 2.24) is 0 Å². The highest BCUT2D eigenvalue weighted by Gasteiger charge is 2.18. The summed E-state index contributed by atoms with van der Waals surface area (Å²) in [5.41, 5.74) is 0. The largest absolute Gasteiger partial charge is 0.490 e. The molecular weight excluding hydrogens is 155 g/mol. The quantitative estimate of drug-likeness (QED) is 0.659. The Morgan fingerprint density at radius 1 is 1.08 bits per heavy atom. The second kappa shape index (κ2) is 4.10. The third-order valence-corrected chi connectivity index (χ3v) is 2.10. The van der Waals surface area contributed by atoms with Gasteiger partial charge in [0.2, 0.25) is 0 Å². The summed E-state index contributed by atoms with van der Waals surface area (Å²) in [6.45, 7) is 0. The Bertz CT molecular complexity index is 219. The van der Waals surface area contributed by atoms with Crippen LogP contribution in [0.4, 0.5) is 4.70 Å². The van der Waals surface area contributed by atoms with E-state index in [0.717, 1.165) is 5.75 Å². The first-order chi connectivity index (χ1) is 5.45. The molecular formula is C10H13FO. The van der Waals surface area contributed by atoms with Crippen LogP contribution in [-0.4, -0.2) is 6.10 Å². The number of benzene rings is 1. The fourth-order valence-electron chi connectivity index (χ4n) is 1.18. The highest BCUT2D eigenvalue weighted by atomic mass is 19.0. The van der Waals surface area contributed by atoms with E-state index < -0.39 is 0 Å². The predicted octanol–water partition coefficient (Wildman–Crippen LogP) is 2.77. The molecule has 0 unspecified atom stereocenters. The van der Waals surface area contributed by atoms with Gasteiger partial charge in [-0.1, -0.05) is 18.2 Å². The Labute approximate surface area is 71.7 Å². The third-order valence-electron chi connectivity index (χ3n) is 2.10. The van der Waals surface area contributed by atoms with Crippen LogP contribution in [0.2, 0.25) is 0 Å². The molecule has 1 aliphatic carbocycles. The van der Waals surface area contributed by atoms with E-state index in [-0.39, 0.29) is 4.70 Å². The van der Waals surface area contributed by atoms with E-state index in [4.69, 9.17) is 4.74 Å². The summed E-state index contributed by atoms with van der Waals surface area (Å²) in [7, 11) is 0. The molecule has 0 aromatic heterocycles. The second-order valence-electron chi connectivity index (χ2n) is 2.98. The van der Waals surface area contributed by atoms with Crippen LogP contribution < -0.4 is 4.74 Å². The SMILES string of the molecule is F.c1ccc(OC2CCC2)cc1. The zero-order valence-corrected chi connectivity index (χ0v) is 6.90. The molecule has 0 amide bonds. The lowest BCUT2D eigenvalue weighted by atomic mass is 9.96. The maximum Gasteiger partial charge on any atom is 0.119 e. The molecule has 0 aliphatic heterocycles. The Balaban J connectivity index is 0.000000720. The summed E-state index contributed by atoms with van der Waals surface area (Å²) in [6, 6.07) is 10.0. The fraction of sp³-hybridized carbons (Fsp3) is 0.400. The first kappa shape index (κ1) is 9.04. The van der Waals surface area contributed by atoms with Crippen molar-refractivity contribution in [1.29, 1.82) is 0 Å². The Morgan fingerprint density at radius 3 is 2.25 bits per heavy atom. The summed E-state index contributed by atoms with van der Waals surface area (Å²) in [5.74, 6) is 1.01. The summed E-state index contributed by atoms with van der Waals surface area (Å²) < 4.78 is 5.65. The normalized spacial score (nSPS) is 16.0. The molecule has 1 fully saturated rings. The lowest BCUT2D eigenvalue weighted by Gasteiger charge is -2.26. The topological polar surface area (TPSA) is 9.23 Å². The molecule has 0 heterocycles. The predicted molar refractivity (Wildman–Crippen MR) is 47.2 cm³/mol. The van der Waals surface area contributed by atoms with E-state index in [1.54, 1.807) is 0 Å². The summed E-state index contributed by atoms with van der Waals surface area (Å²) in [6.07, 6.45) is 4.29. The molecule has 0 N–H and O–H groups in total. The third kappa shape index (κ3) is 1.97. The molecule has 1 aromatic rings. The van der Waals surface area contributed by atoms with Crippen LogP contribution in [0.25, 0.3) is 0 Å². The Morgan fingerprint density at radius 2 is 1.75 bits per heavy atom. The molecule has 0 spiro atoms. The van der Waals surface area contributed by atoms with Gasteiger partial charge in [-0.3, -0.25) is 4.70 Å². The minimum Gasteiger partial charge on any atom is -0.490 e. The lowest BCUT2D eigenvalue weighted by molar-refractivity contribution is 0.120. The highest BCUT2D eigenvalue weighted by molar-refractivity contribution is 5.21. The van der Waals surface area contributed by atoms with Gasteiger partial charge in [0.05, 0.1) is 6.10 Å². The second-order valence-corrected chi connectivity index (χ2v) is 2.98. The Hall–Kier alpha value is -1.05. The number of hydrogen-bond donors (Lipinski definition) is 0. The van der Waals surface area contributed by atoms with Gasteiger partial charge in [-0.25, -0.2) is 0 Å². The number of para-hydroxylation sites is 1. The van der Waals surface area contributed by atoms with Crippen LogP contribution in [0.15, 0.2) is 30.3 Å². The molecule has 0 bridgehead atoms. The summed E-state index contributed by atoms with van der Waals surface area (Å²) in [5, 5.41) is 0. The molecule has 12 heavy (non-hydrogen) atoms. The molecule has 66 valence electrons. The van der Waals surface area contributed by atoms with Crippen molar-refractivity contribution in [2.45, 2.75) is 25.4 Å². The van der Waals surface area contributed by atoms with E-state index in [1.807, 2.05) is 30.3 Å². The first-order valence-corrected chi connectivity index (χ1v) is 4.17. The van der Waals surface area contributed by atoms with Gasteiger partial charge < -0.3 is 4.74 Å². The van der Waals surface area contributed by atoms with Gasteiger partial charge in [0.25, 0.3) is 0 Å². The van der Waals surface area contributed by atoms with Crippen LogP contribution in [0, 0.1) is 0 Å². The zero-order valence-electron chi connectivity index (χ0n) is 6.90. The van der Waals surface area contributed by atoms with Gasteiger partial charge >= 0.3 is 0 Å². The van der Waals surface area contributed by atoms with E-state index in [2.05, 4.69) is 0 Å².